The van der Waals surface area contributed by atoms with Crippen molar-refractivity contribution in [3.05, 3.63) is 35.4 Å². The van der Waals surface area contributed by atoms with Gasteiger partial charge in [-0.05, 0) is 30.5 Å². The van der Waals surface area contributed by atoms with Crippen molar-refractivity contribution >= 4 is 5.97 Å². The molecule has 0 bridgehead atoms. The van der Waals surface area contributed by atoms with Crippen LogP contribution in [0.1, 0.15) is 34.9 Å². The van der Waals surface area contributed by atoms with Crippen molar-refractivity contribution in [2.45, 2.75) is 18.9 Å². The summed E-state index contributed by atoms with van der Waals surface area (Å²) >= 11 is 0. The molecule has 0 spiro atoms. The third-order valence-corrected chi connectivity index (χ3v) is 2.44. The van der Waals surface area contributed by atoms with E-state index >= 15 is 0 Å². The standard InChI is InChI=1S/C11H12O3/c12-11(13)9-4-1-3-8(7-9)10-5-2-6-14-10/h1,3-4,7,10H,2,5-6H2,(H,12,13). The molecular weight excluding hydrogens is 180 g/mol. The van der Waals surface area contributed by atoms with Gasteiger partial charge in [-0.15, -0.1) is 0 Å². The van der Waals surface area contributed by atoms with E-state index in [-0.39, 0.29) is 6.10 Å². The van der Waals surface area contributed by atoms with Crippen LogP contribution in [0.15, 0.2) is 24.3 Å². The Morgan fingerprint density at radius 1 is 1.50 bits per heavy atom. The molecule has 1 aliphatic rings. The first kappa shape index (κ1) is 9.21. The van der Waals surface area contributed by atoms with Crippen LogP contribution >= 0.6 is 0 Å². The van der Waals surface area contributed by atoms with Gasteiger partial charge in [0.1, 0.15) is 0 Å². The Morgan fingerprint density at radius 2 is 2.36 bits per heavy atom. The van der Waals surface area contributed by atoms with Gasteiger partial charge in [-0.3, -0.25) is 0 Å². The van der Waals surface area contributed by atoms with Crippen molar-refractivity contribution in [1.82, 2.24) is 0 Å². The van der Waals surface area contributed by atoms with Gasteiger partial charge in [0.15, 0.2) is 0 Å². The summed E-state index contributed by atoms with van der Waals surface area (Å²) < 4.78 is 5.48. The van der Waals surface area contributed by atoms with E-state index in [0.717, 1.165) is 25.0 Å². The number of hydrogen-bond donors (Lipinski definition) is 1. The maximum atomic E-state index is 10.7. The van der Waals surface area contributed by atoms with Crippen molar-refractivity contribution in [3.63, 3.8) is 0 Å². The van der Waals surface area contributed by atoms with Gasteiger partial charge in [-0.25, -0.2) is 4.79 Å². The minimum absolute atomic E-state index is 0.0919. The van der Waals surface area contributed by atoms with Crippen molar-refractivity contribution in [2.24, 2.45) is 0 Å². The Hall–Kier alpha value is -1.35. The first-order valence-electron chi connectivity index (χ1n) is 4.72. The van der Waals surface area contributed by atoms with Gasteiger partial charge < -0.3 is 9.84 Å². The molecule has 1 aromatic rings. The molecule has 1 N–H and O–H groups in total. The average molecular weight is 192 g/mol. The summed E-state index contributed by atoms with van der Waals surface area (Å²) in [5.41, 5.74) is 1.31. The number of carboxylic acids is 1. The number of hydrogen-bond acceptors (Lipinski definition) is 2. The lowest BCUT2D eigenvalue weighted by Gasteiger charge is -2.09. The van der Waals surface area contributed by atoms with Gasteiger partial charge in [-0.2, -0.15) is 0 Å². The molecule has 1 fully saturated rings. The van der Waals surface area contributed by atoms with Gasteiger partial charge in [0.25, 0.3) is 0 Å². The number of ether oxygens (including phenoxy) is 1. The van der Waals surface area contributed by atoms with Gasteiger partial charge in [0.2, 0.25) is 0 Å². The fourth-order valence-corrected chi connectivity index (χ4v) is 1.71. The van der Waals surface area contributed by atoms with E-state index in [1.54, 1.807) is 18.2 Å². The highest BCUT2D eigenvalue weighted by Crippen LogP contribution is 2.28. The second kappa shape index (κ2) is 3.80. The fraction of sp³-hybridized carbons (Fsp3) is 0.364. The summed E-state index contributed by atoms with van der Waals surface area (Å²) in [5.74, 6) is -0.884. The molecule has 0 aromatic heterocycles. The SMILES string of the molecule is O=C(O)c1cccc(C2CCCO2)c1. The highest BCUT2D eigenvalue weighted by molar-refractivity contribution is 5.87. The zero-order valence-electron chi connectivity index (χ0n) is 7.77. The lowest BCUT2D eigenvalue weighted by molar-refractivity contribution is 0.0696. The van der Waals surface area contributed by atoms with Crippen molar-refractivity contribution in [3.8, 4) is 0 Å². The van der Waals surface area contributed by atoms with E-state index in [2.05, 4.69) is 0 Å². The first-order chi connectivity index (χ1) is 6.77. The van der Waals surface area contributed by atoms with Crippen LogP contribution < -0.4 is 0 Å². The van der Waals surface area contributed by atoms with Gasteiger partial charge >= 0.3 is 5.97 Å². The van der Waals surface area contributed by atoms with E-state index in [9.17, 15) is 4.79 Å². The van der Waals surface area contributed by atoms with Crippen LogP contribution in [-0.4, -0.2) is 17.7 Å². The van der Waals surface area contributed by atoms with Gasteiger partial charge in [0, 0.05) is 6.61 Å². The molecular formula is C11H12O3. The van der Waals surface area contributed by atoms with Crippen LogP contribution in [-0.2, 0) is 4.74 Å². The fourth-order valence-electron chi connectivity index (χ4n) is 1.71. The Morgan fingerprint density at radius 3 is 3.00 bits per heavy atom. The van der Waals surface area contributed by atoms with E-state index < -0.39 is 5.97 Å². The van der Waals surface area contributed by atoms with Crippen LogP contribution in [0, 0.1) is 0 Å². The Labute approximate surface area is 82.3 Å². The number of carboxylic acid groups (broad SMARTS) is 1. The predicted molar refractivity (Wildman–Crippen MR) is 51.3 cm³/mol. The number of benzene rings is 1. The minimum Gasteiger partial charge on any atom is -0.478 e. The summed E-state index contributed by atoms with van der Waals surface area (Å²) in [6, 6.07) is 6.97. The van der Waals surface area contributed by atoms with Crippen LogP contribution in [0.2, 0.25) is 0 Å². The van der Waals surface area contributed by atoms with Crippen LogP contribution in [0.25, 0.3) is 0 Å². The second-order valence-corrected chi connectivity index (χ2v) is 3.43. The predicted octanol–water partition coefficient (Wildman–Crippen LogP) is 2.24. The molecule has 1 saturated heterocycles. The molecule has 3 nitrogen and oxygen atoms in total. The number of carbonyl (C=O) groups is 1. The van der Waals surface area contributed by atoms with Crippen molar-refractivity contribution in [1.29, 1.82) is 0 Å². The summed E-state index contributed by atoms with van der Waals surface area (Å²) in [5, 5.41) is 8.81. The summed E-state index contributed by atoms with van der Waals surface area (Å²) in [6.45, 7) is 0.780. The molecule has 74 valence electrons. The van der Waals surface area contributed by atoms with Crippen LogP contribution in [0.4, 0.5) is 0 Å². The summed E-state index contributed by atoms with van der Waals surface area (Å²) in [4.78, 5) is 10.7. The quantitative estimate of drug-likeness (QED) is 0.781. The molecule has 1 unspecified atom stereocenters. The molecule has 0 saturated carbocycles. The Kier molecular flexibility index (Phi) is 2.50. The highest BCUT2D eigenvalue weighted by atomic mass is 16.5. The minimum atomic E-state index is -0.884. The molecule has 1 heterocycles. The topological polar surface area (TPSA) is 46.5 Å². The monoisotopic (exact) mass is 192 g/mol. The molecule has 1 aliphatic heterocycles. The highest BCUT2D eigenvalue weighted by Gasteiger charge is 2.18. The number of rotatable bonds is 2. The molecule has 0 amide bonds. The third-order valence-electron chi connectivity index (χ3n) is 2.44. The van der Waals surface area contributed by atoms with Crippen LogP contribution in [0.3, 0.4) is 0 Å². The Bertz CT molecular complexity index is 340. The van der Waals surface area contributed by atoms with E-state index in [0.29, 0.717) is 5.56 Å². The average Bonchev–Trinajstić information content (AvgIpc) is 2.71. The molecule has 1 aromatic carbocycles. The van der Waals surface area contributed by atoms with Crippen molar-refractivity contribution < 1.29 is 14.6 Å². The van der Waals surface area contributed by atoms with Gasteiger partial charge in [-0.1, -0.05) is 12.1 Å². The van der Waals surface area contributed by atoms with E-state index in [1.807, 2.05) is 6.07 Å². The molecule has 3 heteroatoms. The van der Waals surface area contributed by atoms with E-state index in [1.165, 1.54) is 0 Å². The molecule has 14 heavy (non-hydrogen) atoms. The van der Waals surface area contributed by atoms with Crippen molar-refractivity contribution in [2.75, 3.05) is 6.61 Å². The zero-order valence-corrected chi connectivity index (χ0v) is 7.77. The molecule has 0 radical (unpaired) electrons. The lowest BCUT2D eigenvalue weighted by Crippen LogP contribution is -2.00. The number of aromatic carboxylic acids is 1. The molecule has 0 aliphatic carbocycles. The molecule has 1 atom stereocenters. The van der Waals surface area contributed by atoms with Crippen LogP contribution in [0.5, 0.6) is 0 Å². The maximum absolute atomic E-state index is 10.7. The zero-order chi connectivity index (χ0) is 9.97. The summed E-state index contributed by atoms with van der Waals surface area (Å²) in [6.07, 6.45) is 2.14. The van der Waals surface area contributed by atoms with Gasteiger partial charge in [0.05, 0.1) is 11.7 Å². The Balaban J connectivity index is 2.25. The third kappa shape index (κ3) is 1.77. The van der Waals surface area contributed by atoms with E-state index in [4.69, 9.17) is 9.84 Å². The summed E-state index contributed by atoms with van der Waals surface area (Å²) in [7, 11) is 0. The lowest BCUT2D eigenvalue weighted by atomic mass is 10.0. The second-order valence-electron chi connectivity index (χ2n) is 3.43. The maximum Gasteiger partial charge on any atom is 0.335 e. The largest absolute Gasteiger partial charge is 0.478 e. The first-order valence-corrected chi connectivity index (χ1v) is 4.72. The smallest absolute Gasteiger partial charge is 0.335 e. The molecule has 2 rings (SSSR count). The normalized spacial score (nSPS) is 21.0.